The van der Waals surface area contributed by atoms with Crippen LogP contribution in [0.1, 0.15) is 22.8 Å². The number of hydrogen-bond donors (Lipinski definition) is 2. The van der Waals surface area contributed by atoms with E-state index < -0.39 is 17.7 Å². The lowest BCUT2D eigenvalue weighted by atomic mass is 10.1. The first kappa shape index (κ1) is 16.9. The second-order valence-corrected chi connectivity index (χ2v) is 5.73. The maximum atomic E-state index is 13.1. The van der Waals surface area contributed by atoms with E-state index in [1.165, 1.54) is 12.1 Å². The number of aromatic carboxylic acids is 1. The van der Waals surface area contributed by atoms with Gasteiger partial charge in [-0.3, -0.25) is 4.79 Å². The van der Waals surface area contributed by atoms with Gasteiger partial charge in [-0.05, 0) is 48.4 Å². The zero-order chi connectivity index (χ0) is 17.0. The number of anilines is 1. The summed E-state index contributed by atoms with van der Waals surface area (Å²) in [4.78, 5) is 23.1. The maximum absolute atomic E-state index is 13.1. The highest BCUT2D eigenvalue weighted by Gasteiger charge is 2.13. The molecular formula is C17H13BrFNO3. The van der Waals surface area contributed by atoms with E-state index >= 15 is 0 Å². The molecule has 0 atom stereocenters. The van der Waals surface area contributed by atoms with Gasteiger partial charge in [-0.25, -0.2) is 9.18 Å². The molecule has 0 spiro atoms. The fourth-order valence-corrected chi connectivity index (χ4v) is 2.23. The third-order valence-electron chi connectivity index (χ3n) is 3.12. The quantitative estimate of drug-likeness (QED) is 0.779. The monoisotopic (exact) mass is 377 g/mol. The average Bonchev–Trinajstić information content (AvgIpc) is 2.49. The van der Waals surface area contributed by atoms with E-state index in [1.807, 2.05) is 24.3 Å². The largest absolute Gasteiger partial charge is 0.478 e. The molecule has 0 radical (unpaired) electrons. The van der Waals surface area contributed by atoms with Crippen LogP contribution in [0, 0.1) is 5.82 Å². The van der Waals surface area contributed by atoms with E-state index in [0.29, 0.717) is 5.57 Å². The number of carboxylic acids is 1. The van der Waals surface area contributed by atoms with Crippen molar-refractivity contribution in [3.8, 4) is 0 Å². The first-order chi connectivity index (χ1) is 10.9. The van der Waals surface area contributed by atoms with Crippen molar-refractivity contribution in [3.63, 3.8) is 0 Å². The van der Waals surface area contributed by atoms with Gasteiger partial charge in [0, 0.05) is 10.5 Å². The first-order valence-corrected chi connectivity index (χ1v) is 7.44. The molecule has 0 aliphatic heterocycles. The van der Waals surface area contributed by atoms with Crippen molar-refractivity contribution < 1.29 is 19.1 Å². The number of amides is 1. The van der Waals surface area contributed by atoms with Crippen LogP contribution in [0.5, 0.6) is 0 Å². The highest BCUT2D eigenvalue weighted by molar-refractivity contribution is 9.10. The van der Waals surface area contributed by atoms with E-state index in [-0.39, 0.29) is 11.3 Å². The van der Waals surface area contributed by atoms with Gasteiger partial charge in [0.15, 0.2) is 0 Å². The Kier molecular flexibility index (Phi) is 5.28. The Morgan fingerprint density at radius 2 is 1.83 bits per heavy atom. The summed E-state index contributed by atoms with van der Waals surface area (Å²) in [6.45, 7) is 1.77. The summed E-state index contributed by atoms with van der Waals surface area (Å²) in [6, 6.07) is 10.6. The van der Waals surface area contributed by atoms with Gasteiger partial charge >= 0.3 is 5.97 Å². The van der Waals surface area contributed by atoms with E-state index in [0.717, 1.165) is 22.2 Å². The van der Waals surface area contributed by atoms with Crippen LogP contribution in [-0.2, 0) is 4.79 Å². The maximum Gasteiger partial charge on any atom is 0.337 e. The molecule has 1 amide bonds. The van der Waals surface area contributed by atoms with Gasteiger partial charge in [-0.2, -0.15) is 0 Å². The van der Waals surface area contributed by atoms with E-state index in [4.69, 9.17) is 5.11 Å². The number of carboxylic acid groups (broad SMARTS) is 1. The molecule has 0 unspecified atom stereocenters. The topological polar surface area (TPSA) is 66.4 Å². The van der Waals surface area contributed by atoms with Crippen molar-refractivity contribution in [3.05, 3.63) is 70.0 Å². The van der Waals surface area contributed by atoms with Crippen molar-refractivity contribution in [2.45, 2.75) is 6.92 Å². The van der Waals surface area contributed by atoms with Crippen LogP contribution in [0.15, 0.2) is 53.0 Å². The molecule has 118 valence electrons. The predicted octanol–water partition coefficient (Wildman–Crippen LogP) is 4.33. The number of hydrogen-bond acceptors (Lipinski definition) is 2. The lowest BCUT2D eigenvalue weighted by molar-refractivity contribution is -0.111. The second kappa shape index (κ2) is 7.19. The van der Waals surface area contributed by atoms with Gasteiger partial charge in [0.25, 0.3) is 0 Å². The minimum absolute atomic E-state index is 0.0451. The Morgan fingerprint density at radius 1 is 1.17 bits per heavy atom. The van der Waals surface area contributed by atoms with Gasteiger partial charge in [-0.1, -0.05) is 28.1 Å². The Bertz CT molecular complexity index is 785. The van der Waals surface area contributed by atoms with Crippen LogP contribution in [0.4, 0.5) is 10.1 Å². The van der Waals surface area contributed by atoms with Crippen LogP contribution in [-0.4, -0.2) is 17.0 Å². The molecule has 6 heteroatoms. The predicted molar refractivity (Wildman–Crippen MR) is 89.8 cm³/mol. The molecular weight excluding hydrogens is 365 g/mol. The minimum atomic E-state index is -1.31. The zero-order valence-corrected chi connectivity index (χ0v) is 13.7. The number of benzene rings is 2. The molecule has 2 aromatic rings. The van der Waals surface area contributed by atoms with Gasteiger partial charge in [0.2, 0.25) is 5.91 Å². The highest BCUT2D eigenvalue weighted by Crippen LogP contribution is 2.19. The Balaban J connectivity index is 2.21. The SMILES string of the molecule is CC(=CC(=O)Nc1ccc(F)cc1C(=O)O)c1ccc(Br)cc1. The summed E-state index contributed by atoms with van der Waals surface area (Å²) in [5.74, 6) is -2.48. The third kappa shape index (κ3) is 4.50. The molecule has 0 bridgehead atoms. The molecule has 4 nitrogen and oxygen atoms in total. The number of carbonyl (C=O) groups excluding carboxylic acids is 1. The molecule has 0 fully saturated rings. The number of rotatable bonds is 4. The number of nitrogens with one attached hydrogen (secondary N) is 1. The van der Waals surface area contributed by atoms with Crippen molar-refractivity contribution in [2.24, 2.45) is 0 Å². The molecule has 23 heavy (non-hydrogen) atoms. The third-order valence-corrected chi connectivity index (χ3v) is 3.65. The van der Waals surface area contributed by atoms with Crippen molar-refractivity contribution >= 4 is 39.1 Å². The first-order valence-electron chi connectivity index (χ1n) is 6.65. The molecule has 0 aliphatic carbocycles. The fraction of sp³-hybridized carbons (Fsp3) is 0.0588. The standard InChI is InChI=1S/C17H13BrFNO3/c1-10(11-2-4-12(18)5-3-11)8-16(21)20-15-7-6-13(19)9-14(15)17(22)23/h2-9H,1H3,(H,20,21)(H,22,23). The van der Waals surface area contributed by atoms with Gasteiger partial charge in [0.1, 0.15) is 5.82 Å². The molecule has 0 saturated heterocycles. The summed E-state index contributed by atoms with van der Waals surface area (Å²) >= 11 is 3.33. The van der Waals surface area contributed by atoms with E-state index in [9.17, 15) is 14.0 Å². The Hall–Kier alpha value is -2.47. The molecule has 2 rings (SSSR count). The van der Waals surface area contributed by atoms with Crippen LogP contribution in [0.25, 0.3) is 5.57 Å². The number of carbonyl (C=O) groups is 2. The molecule has 0 heterocycles. The Morgan fingerprint density at radius 3 is 2.43 bits per heavy atom. The normalized spacial score (nSPS) is 11.2. The van der Waals surface area contributed by atoms with E-state index in [1.54, 1.807) is 6.92 Å². The molecule has 0 aliphatic rings. The zero-order valence-electron chi connectivity index (χ0n) is 12.1. The van der Waals surface area contributed by atoms with Gasteiger partial charge in [0.05, 0.1) is 11.3 Å². The summed E-state index contributed by atoms with van der Waals surface area (Å²) < 4.78 is 14.0. The summed E-state index contributed by atoms with van der Waals surface area (Å²) in [5.41, 5.74) is 1.33. The summed E-state index contributed by atoms with van der Waals surface area (Å²) in [6.07, 6.45) is 1.36. The smallest absolute Gasteiger partial charge is 0.337 e. The molecule has 2 aromatic carbocycles. The minimum Gasteiger partial charge on any atom is -0.478 e. The average molecular weight is 378 g/mol. The van der Waals surface area contributed by atoms with Crippen molar-refractivity contribution in [1.29, 1.82) is 0 Å². The van der Waals surface area contributed by atoms with Crippen LogP contribution in [0.2, 0.25) is 0 Å². The summed E-state index contributed by atoms with van der Waals surface area (Å²) in [7, 11) is 0. The fourth-order valence-electron chi connectivity index (χ4n) is 1.96. The van der Waals surface area contributed by atoms with Crippen molar-refractivity contribution in [1.82, 2.24) is 0 Å². The molecule has 2 N–H and O–H groups in total. The van der Waals surface area contributed by atoms with Crippen LogP contribution < -0.4 is 5.32 Å². The van der Waals surface area contributed by atoms with Crippen molar-refractivity contribution in [2.75, 3.05) is 5.32 Å². The lowest BCUT2D eigenvalue weighted by Crippen LogP contribution is -2.12. The lowest BCUT2D eigenvalue weighted by Gasteiger charge is -2.07. The molecule has 0 aromatic heterocycles. The van der Waals surface area contributed by atoms with E-state index in [2.05, 4.69) is 21.2 Å². The summed E-state index contributed by atoms with van der Waals surface area (Å²) in [5, 5.41) is 11.5. The highest BCUT2D eigenvalue weighted by atomic mass is 79.9. The van der Waals surface area contributed by atoms with Gasteiger partial charge in [-0.15, -0.1) is 0 Å². The van der Waals surface area contributed by atoms with Gasteiger partial charge < -0.3 is 10.4 Å². The van der Waals surface area contributed by atoms with Crippen LogP contribution in [0.3, 0.4) is 0 Å². The number of allylic oxidation sites excluding steroid dienone is 1. The van der Waals surface area contributed by atoms with Crippen LogP contribution >= 0.6 is 15.9 Å². The number of halogens is 2. The second-order valence-electron chi connectivity index (χ2n) is 4.82. The molecule has 0 saturated carbocycles. The Labute approximate surface area is 140 Å².